The zero-order chi connectivity index (χ0) is 27.8. The number of piperazine rings is 1. The van der Waals surface area contributed by atoms with E-state index in [1.54, 1.807) is 7.11 Å². The molecule has 0 bridgehead atoms. The van der Waals surface area contributed by atoms with Gasteiger partial charge in [0.05, 0.1) is 24.6 Å². The van der Waals surface area contributed by atoms with Gasteiger partial charge >= 0.3 is 0 Å². The lowest BCUT2D eigenvalue weighted by Crippen LogP contribution is -2.44. The maximum atomic E-state index is 14.1. The van der Waals surface area contributed by atoms with Crippen LogP contribution in [0.4, 0.5) is 0 Å². The van der Waals surface area contributed by atoms with E-state index < -0.39 is 0 Å². The molecule has 0 N–H and O–H groups in total. The zero-order valence-corrected chi connectivity index (χ0v) is 23.9. The van der Waals surface area contributed by atoms with Gasteiger partial charge in [-0.3, -0.25) is 4.79 Å². The zero-order valence-electron chi connectivity index (χ0n) is 23.9. The number of pyridine rings is 1. The van der Waals surface area contributed by atoms with Crippen molar-refractivity contribution in [2.45, 2.75) is 13.0 Å². The molecule has 9 nitrogen and oxygen atoms in total. The Balaban J connectivity index is 1.40. The van der Waals surface area contributed by atoms with E-state index in [0.717, 1.165) is 78.5 Å². The van der Waals surface area contributed by atoms with Crippen molar-refractivity contribution in [1.82, 2.24) is 19.3 Å². The lowest BCUT2D eigenvalue weighted by atomic mass is 9.99. The number of ether oxygens (including phenoxy) is 4. The summed E-state index contributed by atoms with van der Waals surface area (Å²) in [6.07, 6.45) is 0.914. The maximum absolute atomic E-state index is 14.1. The second-order valence-electron chi connectivity index (χ2n) is 11.0. The minimum absolute atomic E-state index is 0.0422. The Hall–Kier alpha value is -3.53. The molecule has 6 rings (SSSR count). The van der Waals surface area contributed by atoms with E-state index in [4.69, 9.17) is 18.9 Å². The molecule has 0 unspecified atom stereocenters. The number of aromatic nitrogens is 1. The van der Waals surface area contributed by atoms with E-state index in [-0.39, 0.29) is 12.4 Å². The smallest absolute Gasteiger partial charge is 0.259 e. The maximum Gasteiger partial charge on any atom is 0.259 e. The van der Waals surface area contributed by atoms with E-state index in [1.807, 2.05) is 42.9 Å². The topological polar surface area (TPSA) is 68.6 Å². The summed E-state index contributed by atoms with van der Waals surface area (Å²) in [5.41, 5.74) is 0.845. The molecule has 40 heavy (non-hydrogen) atoms. The van der Waals surface area contributed by atoms with Crippen molar-refractivity contribution in [3.05, 3.63) is 46.8 Å². The summed E-state index contributed by atoms with van der Waals surface area (Å²) in [6.45, 7) is 7.43. The largest absolute Gasteiger partial charge is 0.493 e. The lowest BCUT2D eigenvalue weighted by molar-refractivity contribution is 0.145. The van der Waals surface area contributed by atoms with Crippen LogP contribution in [0.3, 0.4) is 0 Å². The molecular weight excluding hydrogens is 508 g/mol. The van der Waals surface area contributed by atoms with E-state index in [2.05, 4.69) is 33.9 Å². The van der Waals surface area contributed by atoms with Gasteiger partial charge in [-0.15, -0.1) is 0 Å². The predicted octanol–water partition coefficient (Wildman–Crippen LogP) is 3.62. The van der Waals surface area contributed by atoms with Crippen LogP contribution in [0.15, 0.2) is 41.2 Å². The number of hydrogen-bond donors (Lipinski definition) is 0. The number of benzene rings is 3. The number of rotatable bonds is 9. The van der Waals surface area contributed by atoms with Gasteiger partial charge in [-0.2, -0.15) is 0 Å². The van der Waals surface area contributed by atoms with Gasteiger partial charge in [-0.05, 0) is 57.2 Å². The normalized spacial score (nSPS) is 16.0. The van der Waals surface area contributed by atoms with Crippen molar-refractivity contribution >= 4 is 32.4 Å². The van der Waals surface area contributed by atoms with Crippen molar-refractivity contribution in [1.29, 1.82) is 0 Å². The molecule has 0 spiro atoms. The van der Waals surface area contributed by atoms with E-state index in [0.29, 0.717) is 35.8 Å². The molecule has 212 valence electrons. The molecule has 0 saturated carbocycles. The number of fused-ring (bicyclic) bond motifs is 6. The van der Waals surface area contributed by atoms with Gasteiger partial charge in [-0.25, -0.2) is 0 Å². The molecule has 1 fully saturated rings. The van der Waals surface area contributed by atoms with Crippen molar-refractivity contribution in [3.63, 3.8) is 0 Å². The Labute approximate surface area is 234 Å². The number of nitrogens with zero attached hydrogens (tertiary/aromatic N) is 4. The highest BCUT2D eigenvalue weighted by molar-refractivity contribution is 6.16. The fraction of sp³-hybridized carbons (Fsp3) is 0.452. The first-order chi connectivity index (χ1) is 19.4. The van der Waals surface area contributed by atoms with Crippen molar-refractivity contribution in [2.24, 2.45) is 0 Å². The summed E-state index contributed by atoms with van der Waals surface area (Å²) in [5, 5.41) is 4.42. The first kappa shape index (κ1) is 26.7. The minimum Gasteiger partial charge on any atom is -0.493 e. The molecule has 3 aromatic carbocycles. The van der Waals surface area contributed by atoms with Crippen LogP contribution in [0.2, 0.25) is 0 Å². The van der Waals surface area contributed by atoms with Crippen LogP contribution >= 0.6 is 0 Å². The van der Waals surface area contributed by atoms with Crippen LogP contribution in [0.25, 0.3) is 32.4 Å². The predicted molar refractivity (Wildman–Crippen MR) is 158 cm³/mol. The molecule has 0 radical (unpaired) electrons. The molecule has 0 aliphatic carbocycles. The summed E-state index contributed by atoms with van der Waals surface area (Å²) in [6, 6.07) is 12.0. The highest BCUT2D eigenvalue weighted by Gasteiger charge is 2.21. The summed E-state index contributed by atoms with van der Waals surface area (Å²) in [4.78, 5) is 21.1. The Kier molecular flexibility index (Phi) is 7.44. The van der Waals surface area contributed by atoms with Gasteiger partial charge in [-0.1, -0.05) is 12.1 Å². The van der Waals surface area contributed by atoms with Crippen molar-refractivity contribution in [3.8, 4) is 23.0 Å². The number of hydrogen-bond acceptors (Lipinski definition) is 8. The van der Waals surface area contributed by atoms with Crippen LogP contribution in [-0.4, -0.2) is 100 Å². The molecule has 1 saturated heterocycles. The third kappa shape index (κ3) is 5.05. The quantitative estimate of drug-likeness (QED) is 0.233. The molecule has 9 heteroatoms. The van der Waals surface area contributed by atoms with Crippen LogP contribution in [0.5, 0.6) is 23.0 Å². The third-order valence-electron chi connectivity index (χ3n) is 8.07. The van der Waals surface area contributed by atoms with E-state index in [9.17, 15) is 4.79 Å². The van der Waals surface area contributed by atoms with Gasteiger partial charge < -0.3 is 38.2 Å². The molecule has 0 amide bonds. The van der Waals surface area contributed by atoms with Crippen molar-refractivity contribution < 1.29 is 18.9 Å². The standard InChI is InChI=1S/C31H38N4O5/c1-32(2)9-14-35-30-22(7-6-21-16-27-29(17-23(21)30)40-20-39-27)24-18-26(37-4)28(19-25(24)31(35)36)38-15-5-8-34-12-10-33(3)11-13-34/h6-7,16-19H,5,8-15,20H2,1-4H3. The molecule has 4 aromatic rings. The average Bonchev–Trinajstić information content (AvgIpc) is 3.42. The SMILES string of the molecule is COc1cc2c(cc1OCCCN1CCN(C)CC1)c(=O)n(CCN(C)C)c1c3cc4c(cc3ccc21)OCO4. The number of likely N-dealkylation sites (N-methyl/N-ethyl adjacent to an activating group) is 2. The molecule has 3 heterocycles. The van der Waals surface area contributed by atoms with Crippen LogP contribution in [-0.2, 0) is 6.54 Å². The second kappa shape index (κ2) is 11.2. The van der Waals surface area contributed by atoms with E-state index in [1.165, 1.54) is 0 Å². The Morgan fingerprint density at radius 3 is 2.38 bits per heavy atom. The average molecular weight is 547 g/mol. The summed E-state index contributed by atoms with van der Waals surface area (Å²) >= 11 is 0. The molecular formula is C31H38N4O5. The van der Waals surface area contributed by atoms with Crippen molar-refractivity contribution in [2.75, 3.05) is 80.9 Å². The van der Waals surface area contributed by atoms with E-state index >= 15 is 0 Å². The van der Waals surface area contributed by atoms with Crippen LogP contribution in [0, 0.1) is 0 Å². The Morgan fingerprint density at radius 2 is 1.62 bits per heavy atom. The van der Waals surface area contributed by atoms with Crippen LogP contribution in [0.1, 0.15) is 6.42 Å². The lowest BCUT2D eigenvalue weighted by Gasteiger charge is -2.32. The third-order valence-corrected chi connectivity index (χ3v) is 8.07. The summed E-state index contributed by atoms with van der Waals surface area (Å²) in [5.74, 6) is 2.66. The first-order valence-corrected chi connectivity index (χ1v) is 14.0. The summed E-state index contributed by atoms with van der Waals surface area (Å²) < 4.78 is 25.2. The minimum atomic E-state index is -0.0422. The Bertz CT molecular complexity index is 1610. The van der Waals surface area contributed by atoms with Gasteiger partial charge in [0.1, 0.15) is 0 Å². The van der Waals surface area contributed by atoms with Gasteiger partial charge in [0, 0.05) is 62.0 Å². The second-order valence-corrected chi connectivity index (χ2v) is 11.0. The molecule has 1 aromatic heterocycles. The summed E-state index contributed by atoms with van der Waals surface area (Å²) in [7, 11) is 7.85. The van der Waals surface area contributed by atoms with Gasteiger partial charge in [0.2, 0.25) is 6.79 Å². The molecule has 0 atom stereocenters. The number of methoxy groups -OCH3 is 1. The fourth-order valence-corrected chi connectivity index (χ4v) is 5.74. The monoisotopic (exact) mass is 546 g/mol. The van der Waals surface area contributed by atoms with Gasteiger partial charge in [0.15, 0.2) is 23.0 Å². The van der Waals surface area contributed by atoms with Gasteiger partial charge in [0.25, 0.3) is 5.56 Å². The highest BCUT2D eigenvalue weighted by Crippen LogP contribution is 2.41. The molecule has 2 aliphatic rings. The fourth-order valence-electron chi connectivity index (χ4n) is 5.74. The first-order valence-electron chi connectivity index (χ1n) is 14.0. The highest BCUT2D eigenvalue weighted by atomic mass is 16.7. The molecule has 2 aliphatic heterocycles. The van der Waals surface area contributed by atoms with Crippen LogP contribution < -0.4 is 24.5 Å². The Morgan fingerprint density at radius 1 is 0.875 bits per heavy atom.